The number of hydrogen-bond donors (Lipinski definition) is 0. The zero-order chi connectivity index (χ0) is 18.3. The summed E-state index contributed by atoms with van der Waals surface area (Å²) in [5.41, 5.74) is 1.62. The first-order valence-corrected chi connectivity index (χ1v) is 8.75. The zero-order valence-electron chi connectivity index (χ0n) is 15.1. The third-order valence-electron chi connectivity index (χ3n) is 5.35. The molecular formula is C19H24N2O4. The number of hydrogen-bond acceptors (Lipinski definition) is 5. The highest BCUT2D eigenvalue weighted by molar-refractivity contribution is 6.23. The summed E-state index contributed by atoms with van der Waals surface area (Å²) in [5, 5.41) is 0. The molecule has 0 N–H and O–H groups in total. The Morgan fingerprint density at radius 1 is 1.08 bits per heavy atom. The van der Waals surface area contributed by atoms with Crippen molar-refractivity contribution in [2.75, 3.05) is 18.6 Å². The Labute approximate surface area is 147 Å². The molecule has 0 bridgehead atoms. The molecule has 4 atom stereocenters. The molecule has 6 nitrogen and oxygen atoms in total. The van der Waals surface area contributed by atoms with Crippen LogP contribution in [0.3, 0.4) is 0 Å². The van der Waals surface area contributed by atoms with Crippen molar-refractivity contribution in [2.24, 2.45) is 11.8 Å². The van der Waals surface area contributed by atoms with Gasteiger partial charge in [0.25, 0.3) is 0 Å². The van der Waals surface area contributed by atoms with E-state index in [4.69, 9.17) is 4.74 Å². The van der Waals surface area contributed by atoms with Gasteiger partial charge in [0, 0.05) is 6.04 Å². The van der Waals surface area contributed by atoms with Crippen LogP contribution in [-0.4, -0.2) is 48.4 Å². The molecule has 0 unspecified atom stereocenters. The van der Waals surface area contributed by atoms with Crippen LogP contribution in [0.5, 0.6) is 0 Å². The van der Waals surface area contributed by atoms with Crippen molar-refractivity contribution >= 4 is 23.5 Å². The number of carbonyl (C=O) groups is 3. The summed E-state index contributed by atoms with van der Waals surface area (Å²) >= 11 is 0. The highest BCUT2D eigenvalue weighted by Gasteiger charge is 2.63. The molecule has 2 aliphatic rings. The summed E-state index contributed by atoms with van der Waals surface area (Å²) in [7, 11) is 1.80. The molecule has 0 spiro atoms. The summed E-state index contributed by atoms with van der Waals surface area (Å²) in [6, 6.07) is 6.44. The van der Waals surface area contributed by atoms with Crippen LogP contribution in [0.15, 0.2) is 24.3 Å². The van der Waals surface area contributed by atoms with Crippen molar-refractivity contribution in [1.29, 1.82) is 0 Å². The zero-order valence-corrected chi connectivity index (χ0v) is 15.1. The van der Waals surface area contributed by atoms with Crippen LogP contribution in [0.1, 0.15) is 25.8 Å². The maximum atomic E-state index is 13.1. The molecule has 6 heteroatoms. The van der Waals surface area contributed by atoms with Crippen molar-refractivity contribution < 1.29 is 19.1 Å². The third kappa shape index (κ3) is 2.65. The van der Waals surface area contributed by atoms with Gasteiger partial charge in [0.2, 0.25) is 11.8 Å². The van der Waals surface area contributed by atoms with Gasteiger partial charge in [-0.3, -0.25) is 19.3 Å². The van der Waals surface area contributed by atoms with Gasteiger partial charge in [-0.2, -0.15) is 0 Å². The Hall–Kier alpha value is -2.21. The summed E-state index contributed by atoms with van der Waals surface area (Å²) in [6.07, 6.45) is 0.689. The Morgan fingerprint density at radius 3 is 2.24 bits per heavy atom. The van der Waals surface area contributed by atoms with Gasteiger partial charge in [0.05, 0.1) is 24.1 Å². The van der Waals surface area contributed by atoms with E-state index in [0.29, 0.717) is 12.1 Å². The predicted molar refractivity (Wildman–Crippen MR) is 92.9 cm³/mol. The van der Waals surface area contributed by atoms with E-state index in [0.717, 1.165) is 5.56 Å². The van der Waals surface area contributed by atoms with E-state index >= 15 is 0 Å². The number of benzene rings is 1. The molecule has 0 saturated carbocycles. The smallest absolute Gasteiger partial charge is 0.324 e. The fraction of sp³-hybridized carbons (Fsp3) is 0.526. The molecule has 2 heterocycles. The van der Waals surface area contributed by atoms with E-state index in [-0.39, 0.29) is 24.5 Å². The second-order valence-corrected chi connectivity index (χ2v) is 6.74. The van der Waals surface area contributed by atoms with Crippen molar-refractivity contribution in [3.05, 3.63) is 29.8 Å². The van der Waals surface area contributed by atoms with E-state index in [1.165, 1.54) is 4.90 Å². The first-order valence-electron chi connectivity index (χ1n) is 8.75. The number of likely N-dealkylation sites (N-methyl/N-ethyl adjacent to an activating group) is 1. The van der Waals surface area contributed by atoms with Crippen LogP contribution in [0, 0.1) is 18.8 Å². The third-order valence-corrected chi connectivity index (χ3v) is 5.35. The van der Waals surface area contributed by atoms with Crippen LogP contribution in [0.2, 0.25) is 0 Å². The predicted octanol–water partition coefficient (Wildman–Crippen LogP) is 1.76. The van der Waals surface area contributed by atoms with Crippen LogP contribution in [0.4, 0.5) is 5.69 Å². The summed E-state index contributed by atoms with van der Waals surface area (Å²) in [4.78, 5) is 41.7. The standard InChI is InChI=1S/C19H24N2O4/c1-5-13-14-15(16(20(13)4)19(24)25-6-2)18(23)21(17(14)22)12-9-7-11(3)8-10-12/h7-10,13-16H,5-6H2,1-4H3/t13-,14+,15+,16+/m1/s1. The minimum Gasteiger partial charge on any atom is -0.465 e. The van der Waals surface area contributed by atoms with E-state index in [1.54, 1.807) is 26.1 Å². The van der Waals surface area contributed by atoms with Crippen LogP contribution in [0.25, 0.3) is 0 Å². The number of imide groups is 1. The average molecular weight is 344 g/mol. The molecule has 2 amide bonds. The molecule has 1 aromatic rings. The lowest BCUT2D eigenvalue weighted by Crippen LogP contribution is -2.46. The number of nitrogens with zero attached hydrogens (tertiary/aromatic N) is 2. The molecule has 3 rings (SSSR count). The Balaban J connectivity index is 2.00. The van der Waals surface area contributed by atoms with Gasteiger partial charge in [0.15, 0.2) is 0 Å². The lowest BCUT2D eigenvalue weighted by Gasteiger charge is -2.28. The molecule has 2 aliphatic heterocycles. The molecule has 134 valence electrons. The Bertz CT molecular complexity index is 700. The maximum Gasteiger partial charge on any atom is 0.324 e. The van der Waals surface area contributed by atoms with Crippen molar-refractivity contribution in [3.8, 4) is 0 Å². The number of amides is 2. The summed E-state index contributed by atoms with van der Waals surface area (Å²) in [6.45, 7) is 5.91. The van der Waals surface area contributed by atoms with E-state index < -0.39 is 23.8 Å². The first-order chi connectivity index (χ1) is 11.9. The fourth-order valence-corrected chi connectivity index (χ4v) is 4.19. The monoisotopic (exact) mass is 344 g/mol. The maximum absolute atomic E-state index is 13.1. The molecule has 2 fully saturated rings. The number of esters is 1. The molecule has 0 aliphatic carbocycles. The van der Waals surface area contributed by atoms with Crippen molar-refractivity contribution in [1.82, 2.24) is 4.90 Å². The van der Waals surface area contributed by atoms with E-state index in [9.17, 15) is 14.4 Å². The Kier molecular flexibility index (Phi) is 4.64. The number of ether oxygens (including phenoxy) is 1. The van der Waals surface area contributed by atoms with Gasteiger partial charge in [-0.1, -0.05) is 24.6 Å². The highest BCUT2D eigenvalue weighted by Crippen LogP contribution is 2.44. The van der Waals surface area contributed by atoms with Gasteiger partial charge in [-0.15, -0.1) is 0 Å². The van der Waals surface area contributed by atoms with Gasteiger partial charge in [0.1, 0.15) is 6.04 Å². The second-order valence-electron chi connectivity index (χ2n) is 6.74. The van der Waals surface area contributed by atoms with Gasteiger partial charge < -0.3 is 4.74 Å². The molecule has 2 saturated heterocycles. The molecular weight excluding hydrogens is 320 g/mol. The number of rotatable bonds is 4. The van der Waals surface area contributed by atoms with Crippen LogP contribution >= 0.6 is 0 Å². The van der Waals surface area contributed by atoms with Crippen LogP contribution in [-0.2, 0) is 19.1 Å². The number of fused-ring (bicyclic) bond motifs is 1. The minimum atomic E-state index is -0.707. The molecule has 25 heavy (non-hydrogen) atoms. The van der Waals surface area contributed by atoms with Gasteiger partial charge in [-0.25, -0.2) is 4.90 Å². The minimum absolute atomic E-state index is 0.147. The van der Waals surface area contributed by atoms with E-state index in [1.807, 2.05) is 30.9 Å². The Morgan fingerprint density at radius 2 is 1.68 bits per heavy atom. The van der Waals surface area contributed by atoms with Gasteiger partial charge in [-0.05, 0) is 39.4 Å². The average Bonchev–Trinajstić information content (AvgIpc) is 3.01. The second kappa shape index (κ2) is 6.59. The van der Waals surface area contributed by atoms with Crippen LogP contribution < -0.4 is 4.90 Å². The topological polar surface area (TPSA) is 66.9 Å². The quantitative estimate of drug-likeness (QED) is 0.615. The number of anilines is 1. The van der Waals surface area contributed by atoms with Crippen molar-refractivity contribution in [3.63, 3.8) is 0 Å². The summed E-state index contributed by atoms with van der Waals surface area (Å²) in [5.74, 6) is -2.13. The number of likely N-dealkylation sites (tertiary alicyclic amines) is 1. The van der Waals surface area contributed by atoms with Gasteiger partial charge >= 0.3 is 5.97 Å². The van der Waals surface area contributed by atoms with Crippen molar-refractivity contribution in [2.45, 2.75) is 39.3 Å². The summed E-state index contributed by atoms with van der Waals surface area (Å²) < 4.78 is 5.17. The molecule has 1 aromatic carbocycles. The molecule has 0 radical (unpaired) electrons. The normalized spacial score (nSPS) is 29.2. The highest BCUT2D eigenvalue weighted by atomic mass is 16.5. The lowest BCUT2D eigenvalue weighted by atomic mass is 9.88. The number of carbonyl (C=O) groups excluding carboxylic acids is 3. The first kappa shape index (κ1) is 17.6. The lowest BCUT2D eigenvalue weighted by molar-refractivity contribution is -0.151. The largest absolute Gasteiger partial charge is 0.465 e. The molecule has 0 aromatic heterocycles. The number of aryl methyl sites for hydroxylation is 1. The van der Waals surface area contributed by atoms with E-state index in [2.05, 4.69) is 0 Å². The SMILES string of the molecule is CCOC(=O)[C@@H]1[C@H]2C(=O)N(c3ccc(C)cc3)C(=O)[C@H]2[C@@H](CC)N1C. The fourth-order valence-electron chi connectivity index (χ4n) is 4.19.